The van der Waals surface area contributed by atoms with Crippen LogP contribution in [0.15, 0.2) is 35.2 Å². The molecule has 25 heavy (non-hydrogen) atoms. The minimum Gasteiger partial charge on any atom is -0.318 e. The van der Waals surface area contributed by atoms with Crippen LogP contribution in [0.1, 0.15) is 34.2 Å². The SMILES string of the molecule is CC(=O)c1ccc(-n2c(C)cc(/C=C3\SC(=O)N(C)C3=O)c2C)cc1. The molecule has 0 bridgehead atoms. The zero-order chi connectivity index (χ0) is 18.3. The summed E-state index contributed by atoms with van der Waals surface area (Å²) >= 11 is 0.953. The van der Waals surface area contributed by atoms with Crippen LogP contribution in [0.2, 0.25) is 0 Å². The van der Waals surface area contributed by atoms with Crippen molar-refractivity contribution in [1.29, 1.82) is 0 Å². The number of nitrogens with zero attached hydrogens (tertiary/aromatic N) is 2. The number of aryl methyl sites for hydroxylation is 1. The van der Waals surface area contributed by atoms with Gasteiger partial charge in [-0.05, 0) is 74.5 Å². The highest BCUT2D eigenvalue weighted by atomic mass is 32.2. The van der Waals surface area contributed by atoms with E-state index in [1.807, 2.05) is 32.0 Å². The van der Waals surface area contributed by atoms with Crippen LogP contribution in [-0.2, 0) is 4.79 Å². The number of thioether (sulfide) groups is 1. The van der Waals surface area contributed by atoms with Crippen molar-refractivity contribution in [1.82, 2.24) is 9.47 Å². The van der Waals surface area contributed by atoms with Gasteiger partial charge in [-0.3, -0.25) is 19.3 Å². The minimum absolute atomic E-state index is 0.0310. The Morgan fingerprint density at radius 3 is 2.28 bits per heavy atom. The maximum absolute atomic E-state index is 12.1. The van der Waals surface area contributed by atoms with Crippen LogP contribution in [0.3, 0.4) is 0 Å². The predicted molar refractivity (Wildman–Crippen MR) is 99.0 cm³/mol. The normalized spacial score (nSPS) is 16.2. The van der Waals surface area contributed by atoms with Gasteiger partial charge in [0.25, 0.3) is 11.1 Å². The van der Waals surface area contributed by atoms with Crippen LogP contribution in [0.25, 0.3) is 11.8 Å². The van der Waals surface area contributed by atoms with Gasteiger partial charge in [-0.2, -0.15) is 0 Å². The number of carbonyl (C=O) groups excluding carboxylic acids is 3. The summed E-state index contributed by atoms with van der Waals surface area (Å²) in [6, 6.07) is 9.40. The standard InChI is InChI=1S/C19H18N2O3S/c1-11-9-15(10-17-18(23)20(4)19(24)25-17)12(2)21(11)16-7-5-14(6-8-16)13(3)22/h5-10H,1-4H3/b17-10-. The number of rotatable bonds is 3. The molecule has 0 saturated carbocycles. The molecule has 0 N–H and O–H groups in total. The molecule has 5 nitrogen and oxygen atoms in total. The minimum atomic E-state index is -0.273. The van der Waals surface area contributed by atoms with Gasteiger partial charge >= 0.3 is 0 Å². The number of carbonyl (C=O) groups is 3. The highest BCUT2D eigenvalue weighted by Gasteiger charge is 2.32. The molecule has 6 heteroatoms. The van der Waals surface area contributed by atoms with Crippen molar-refractivity contribution < 1.29 is 14.4 Å². The lowest BCUT2D eigenvalue weighted by molar-refractivity contribution is -0.121. The van der Waals surface area contributed by atoms with Crippen molar-refractivity contribution in [3.8, 4) is 5.69 Å². The number of ketones is 1. The lowest BCUT2D eigenvalue weighted by atomic mass is 10.1. The molecule has 3 rings (SSSR count). The third-order valence-corrected chi connectivity index (χ3v) is 5.24. The number of hydrogen-bond donors (Lipinski definition) is 0. The zero-order valence-corrected chi connectivity index (χ0v) is 15.3. The topological polar surface area (TPSA) is 59.4 Å². The highest BCUT2D eigenvalue weighted by Crippen LogP contribution is 2.32. The molecule has 1 aromatic carbocycles. The molecule has 2 aromatic rings. The van der Waals surface area contributed by atoms with Gasteiger partial charge in [0.15, 0.2) is 5.78 Å². The van der Waals surface area contributed by atoms with Gasteiger partial charge in [0.05, 0.1) is 4.91 Å². The molecule has 0 unspecified atom stereocenters. The van der Waals surface area contributed by atoms with Gasteiger partial charge in [-0.1, -0.05) is 0 Å². The van der Waals surface area contributed by atoms with E-state index < -0.39 is 0 Å². The van der Waals surface area contributed by atoms with E-state index in [-0.39, 0.29) is 16.9 Å². The fourth-order valence-corrected chi connectivity index (χ4v) is 3.68. The van der Waals surface area contributed by atoms with Crippen molar-refractivity contribution in [2.24, 2.45) is 0 Å². The van der Waals surface area contributed by atoms with Crippen molar-refractivity contribution in [3.63, 3.8) is 0 Å². The first-order valence-corrected chi connectivity index (χ1v) is 8.63. The van der Waals surface area contributed by atoms with Gasteiger partial charge in [-0.25, -0.2) is 0 Å². The Kier molecular flexibility index (Phi) is 4.39. The molecule has 0 spiro atoms. The monoisotopic (exact) mass is 354 g/mol. The largest absolute Gasteiger partial charge is 0.318 e. The Balaban J connectivity index is 2.01. The third kappa shape index (κ3) is 3.05. The molecule has 1 saturated heterocycles. The summed E-state index contributed by atoms with van der Waals surface area (Å²) < 4.78 is 2.06. The molecule has 128 valence electrons. The molecule has 0 atom stereocenters. The van der Waals surface area contributed by atoms with Crippen molar-refractivity contribution in [3.05, 3.63) is 57.8 Å². The lowest BCUT2D eigenvalue weighted by Crippen LogP contribution is -2.22. The maximum Gasteiger partial charge on any atom is 0.293 e. The first kappa shape index (κ1) is 17.2. The van der Waals surface area contributed by atoms with E-state index in [4.69, 9.17) is 0 Å². The highest BCUT2D eigenvalue weighted by molar-refractivity contribution is 8.18. The molecule has 1 aromatic heterocycles. The lowest BCUT2D eigenvalue weighted by Gasteiger charge is -2.10. The van der Waals surface area contributed by atoms with Crippen LogP contribution in [0.4, 0.5) is 4.79 Å². The average Bonchev–Trinajstić information content (AvgIpc) is 2.98. The van der Waals surface area contributed by atoms with E-state index in [9.17, 15) is 14.4 Å². The van der Waals surface area contributed by atoms with E-state index in [0.29, 0.717) is 10.5 Å². The quantitative estimate of drug-likeness (QED) is 0.618. The molecule has 1 fully saturated rings. The summed E-state index contributed by atoms with van der Waals surface area (Å²) in [5, 5.41) is -0.259. The smallest absolute Gasteiger partial charge is 0.293 e. The fourth-order valence-electron chi connectivity index (χ4n) is 2.86. The van der Waals surface area contributed by atoms with Gasteiger partial charge in [0.2, 0.25) is 0 Å². The first-order chi connectivity index (χ1) is 11.8. The van der Waals surface area contributed by atoms with Crippen LogP contribution >= 0.6 is 11.8 Å². The molecule has 2 amide bonds. The maximum atomic E-state index is 12.1. The van der Waals surface area contributed by atoms with Gasteiger partial charge < -0.3 is 4.57 Å². The number of imide groups is 1. The van der Waals surface area contributed by atoms with Gasteiger partial charge in [-0.15, -0.1) is 0 Å². The molecule has 0 radical (unpaired) electrons. The van der Waals surface area contributed by atoms with Gasteiger partial charge in [0.1, 0.15) is 0 Å². The Labute approximate surface area is 150 Å². The summed E-state index contributed by atoms with van der Waals surface area (Å²) in [6.45, 7) is 5.49. The number of Topliss-reactive ketones (excluding diaryl/α,β-unsaturated/α-hetero) is 1. The average molecular weight is 354 g/mol. The predicted octanol–water partition coefficient (Wildman–Crippen LogP) is 3.96. The van der Waals surface area contributed by atoms with Gasteiger partial charge in [0, 0.05) is 29.7 Å². The van der Waals surface area contributed by atoms with Crippen molar-refractivity contribution >= 4 is 34.8 Å². The molecular formula is C19H18N2O3S. The Morgan fingerprint density at radius 1 is 1.12 bits per heavy atom. The van der Waals surface area contributed by atoms with Crippen LogP contribution in [0, 0.1) is 13.8 Å². The van der Waals surface area contributed by atoms with E-state index in [2.05, 4.69) is 4.57 Å². The Hall–Kier alpha value is -2.60. The summed E-state index contributed by atoms with van der Waals surface area (Å²) in [7, 11) is 1.48. The van der Waals surface area contributed by atoms with E-state index in [1.54, 1.807) is 25.1 Å². The van der Waals surface area contributed by atoms with Crippen LogP contribution in [0.5, 0.6) is 0 Å². The van der Waals surface area contributed by atoms with E-state index in [1.165, 1.54) is 7.05 Å². The molecular weight excluding hydrogens is 336 g/mol. The fraction of sp³-hybridized carbons (Fsp3) is 0.211. The third-order valence-electron chi connectivity index (χ3n) is 4.28. The van der Waals surface area contributed by atoms with Crippen molar-refractivity contribution in [2.75, 3.05) is 7.05 Å². The summed E-state index contributed by atoms with van der Waals surface area (Å²) in [5.41, 5.74) is 4.49. The Bertz CT molecular complexity index is 923. The number of likely N-dealkylation sites (N-methyl/N-ethyl adjacent to an activating group) is 1. The second kappa shape index (κ2) is 6.37. The number of amides is 2. The Morgan fingerprint density at radius 2 is 1.76 bits per heavy atom. The summed E-state index contributed by atoms with van der Waals surface area (Å²) in [4.78, 5) is 36.7. The van der Waals surface area contributed by atoms with E-state index in [0.717, 1.165) is 39.3 Å². The van der Waals surface area contributed by atoms with Crippen molar-refractivity contribution in [2.45, 2.75) is 20.8 Å². The summed E-state index contributed by atoms with van der Waals surface area (Å²) in [6.07, 6.45) is 1.76. The number of aromatic nitrogens is 1. The second-order valence-electron chi connectivity index (χ2n) is 6.01. The van der Waals surface area contributed by atoms with Crippen LogP contribution in [-0.4, -0.2) is 33.4 Å². The number of hydrogen-bond acceptors (Lipinski definition) is 4. The molecule has 0 aliphatic carbocycles. The first-order valence-electron chi connectivity index (χ1n) is 7.81. The molecule has 2 heterocycles. The zero-order valence-electron chi connectivity index (χ0n) is 14.5. The molecule has 1 aliphatic heterocycles. The van der Waals surface area contributed by atoms with E-state index >= 15 is 0 Å². The number of benzene rings is 1. The molecule has 1 aliphatic rings. The van der Waals surface area contributed by atoms with Crippen LogP contribution < -0.4 is 0 Å². The summed E-state index contributed by atoms with van der Waals surface area (Å²) in [5.74, 6) is -0.242. The second-order valence-corrected chi connectivity index (χ2v) is 7.00.